The van der Waals surface area contributed by atoms with Crippen LogP contribution in [0.2, 0.25) is 0 Å². The summed E-state index contributed by atoms with van der Waals surface area (Å²) in [7, 11) is 1.67. The highest BCUT2D eigenvalue weighted by molar-refractivity contribution is 5.96. The number of nitrogens with zero attached hydrogens (tertiary/aromatic N) is 5. The molecule has 1 aromatic heterocycles. The van der Waals surface area contributed by atoms with Gasteiger partial charge in [-0.2, -0.15) is 0 Å². The van der Waals surface area contributed by atoms with Crippen molar-refractivity contribution in [2.45, 2.75) is 37.8 Å². The molecule has 4 aliphatic heterocycles. The lowest BCUT2D eigenvalue weighted by atomic mass is 9.85. The average Bonchev–Trinajstić information content (AvgIpc) is 3.37. The Kier molecular flexibility index (Phi) is 7.89. The highest BCUT2D eigenvalue weighted by Crippen LogP contribution is 2.39. The summed E-state index contributed by atoms with van der Waals surface area (Å²) in [6, 6.07) is 1.82. The minimum Gasteiger partial charge on any atom is -0.380 e. The number of rotatable bonds is 7. The number of nitrogens with one attached hydrogen (secondary N) is 2. The third kappa shape index (κ3) is 5.37. The second-order valence-electron chi connectivity index (χ2n) is 11.2. The summed E-state index contributed by atoms with van der Waals surface area (Å²) in [5.41, 5.74) is 7.38. The molecule has 0 bridgehead atoms. The number of likely N-dealkylation sites (tertiary alicyclic amines) is 1. The second kappa shape index (κ2) is 11.2. The summed E-state index contributed by atoms with van der Waals surface area (Å²) >= 11 is 0. The van der Waals surface area contributed by atoms with E-state index in [9.17, 15) is 18.9 Å². The number of alkyl halides is 1. The Morgan fingerprint density at radius 1 is 1.32 bits per heavy atom. The van der Waals surface area contributed by atoms with Crippen LogP contribution >= 0.6 is 0 Å². The van der Waals surface area contributed by atoms with E-state index >= 15 is 0 Å². The standard InChI is InChI=1S/C25H37FN8O4/c1-32-12-17(26)10-29-22(32)20(21(27)31-37)23(35)30-18-11-28-6-2-19(18)33-7-3-16(4-8-33)24(36)34-9-5-25(13-34)14-38-15-25/h2,6,11,16-17,20-22,29H,3-5,7-10,12-15,27H2,1H3,(H,30,35). The van der Waals surface area contributed by atoms with Gasteiger partial charge in [-0.1, -0.05) is 5.18 Å². The van der Waals surface area contributed by atoms with Crippen molar-refractivity contribution in [2.24, 2.45) is 28.2 Å². The van der Waals surface area contributed by atoms with Crippen molar-refractivity contribution in [3.63, 3.8) is 0 Å². The maximum Gasteiger partial charge on any atom is 0.234 e. The number of nitrogens with two attached hydrogens (primary N) is 1. The Bertz CT molecular complexity index is 1030. The van der Waals surface area contributed by atoms with E-state index in [4.69, 9.17) is 10.5 Å². The average molecular weight is 533 g/mol. The first kappa shape index (κ1) is 26.9. The van der Waals surface area contributed by atoms with E-state index in [2.05, 4.69) is 25.7 Å². The highest BCUT2D eigenvalue weighted by atomic mass is 19.1. The molecule has 38 heavy (non-hydrogen) atoms. The molecule has 0 aliphatic carbocycles. The van der Waals surface area contributed by atoms with Crippen LogP contribution in [0.4, 0.5) is 15.8 Å². The number of hydrogen-bond donors (Lipinski definition) is 3. The van der Waals surface area contributed by atoms with Crippen LogP contribution in [0, 0.1) is 22.2 Å². The zero-order valence-corrected chi connectivity index (χ0v) is 21.7. The van der Waals surface area contributed by atoms with Crippen molar-refractivity contribution in [1.82, 2.24) is 20.1 Å². The number of pyridine rings is 1. The quantitative estimate of drug-likeness (QED) is 0.424. The lowest BCUT2D eigenvalue weighted by Crippen LogP contribution is -2.62. The molecule has 208 valence electrons. The fourth-order valence-electron chi connectivity index (χ4n) is 6.20. The van der Waals surface area contributed by atoms with Crippen LogP contribution in [0.5, 0.6) is 0 Å². The molecule has 5 heterocycles. The van der Waals surface area contributed by atoms with Gasteiger partial charge in [0.05, 0.1) is 37.0 Å². The van der Waals surface area contributed by atoms with Crippen molar-refractivity contribution < 1.29 is 18.7 Å². The maximum absolute atomic E-state index is 13.8. The van der Waals surface area contributed by atoms with Gasteiger partial charge < -0.3 is 25.6 Å². The molecule has 0 saturated carbocycles. The van der Waals surface area contributed by atoms with E-state index in [0.717, 1.165) is 51.3 Å². The van der Waals surface area contributed by atoms with Gasteiger partial charge in [-0.05, 0) is 32.4 Å². The van der Waals surface area contributed by atoms with Crippen molar-refractivity contribution >= 4 is 23.2 Å². The third-order valence-electron chi connectivity index (χ3n) is 8.45. The lowest BCUT2D eigenvalue weighted by Gasteiger charge is -2.40. The number of hydrogen-bond acceptors (Lipinski definition) is 10. The van der Waals surface area contributed by atoms with E-state index < -0.39 is 30.3 Å². The Balaban J connectivity index is 1.23. The summed E-state index contributed by atoms with van der Waals surface area (Å²) in [6.07, 6.45) is 2.62. The van der Waals surface area contributed by atoms with Gasteiger partial charge in [-0.15, -0.1) is 4.91 Å². The van der Waals surface area contributed by atoms with Crippen molar-refractivity contribution in [2.75, 3.05) is 69.7 Å². The summed E-state index contributed by atoms with van der Waals surface area (Å²) in [4.78, 5) is 47.8. The largest absolute Gasteiger partial charge is 0.380 e. The molecule has 1 spiro atoms. The molecular formula is C25H37FN8O4. The van der Waals surface area contributed by atoms with Crippen molar-refractivity contribution in [3.05, 3.63) is 23.4 Å². The summed E-state index contributed by atoms with van der Waals surface area (Å²) in [5, 5.41) is 8.76. The van der Waals surface area contributed by atoms with Gasteiger partial charge in [0.2, 0.25) is 11.8 Å². The topological polar surface area (TPSA) is 145 Å². The first-order valence-corrected chi connectivity index (χ1v) is 13.3. The van der Waals surface area contributed by atoms with Gasteiger partial charge >= 0.3 is 0 Å². The lowest BCUT2D eigenvalue weighted by molar-refractivity contribution is -0.139. The number of ether oxygens (including phenoxy) is 1. The minimum absolute atomic E-state index is 0.0180. The molecule has 0 aromatic carbocycles. The number of amides is 2. The summed E-state index contributed by atoms with van der Waals surface area (Å²) in [6.45, 7) is 4.60. The number of aromatic nitrogens is 1. The smallest absolute Gasteiger partial charge is 0.234 e. The Morgan fingerprint density at radius 3 is 2.71 bits per heavy atom. The van der Waals surface area contributed by atoms with Gasteiger partial charge in [-0.25, -0.2) is 4.39 Å². The molecular weight excluding hydrogens is 495 g/mol. The molecule has 4 saturated heterocycles. The minimum atomic E-state index is -1.32. The predicted octanol–water partition coefficient (Wildman–Crippen LogP) is 0.352. The van der Waals surface area contributed by atoms with Gasteiger partial charge in [0.1, 0.15) is 12.1 Å². The molecule has 13 heteroatoms. The fourth-order valence-corrected chi connectivity index (χ4v) is 6.20. The molecule has 4 unspecified atom stereocenters. The fraction of sp³-hybridized carbons (Fsp3) is 0.720. The molecule has 4 N–H and O–H groups in total. The first-order chi connectivity index (χ1) is 18.3. The predicted molar refractivity (Wildman–Crippen MR) is 139 cm³/mol. The zero-order chi connectivity index (χ0) is 26.9. The molecule has 4 aliphatic rings. The van der Waals surface area contributed by atoms with Gasteiger partial charge in [0.25, 0.3) is 0 Å². The SMILES string of the molecule is CN1CC(F)CNC1C(C(=O)Nc1cnccc1N1CCC(C(=O)N2CCC3(COC3)C2)CC1)C(N)N=O. The van der Waals surface area contributed by atoms with Crippen molar-refractivity contribution in [3.8, 4) is 0 Å². The molecule has 12 nitrogen and oxygen atoms in total. The zero-order valence-electron chi connectivity index (χ0n) is 21.7. The normalized spacial score (nSPS) is 27.6. The number of piperidine rings is 1. The Labute approximate surface area is 221 Å². The van der Waals surface area contributed by atoms with E-state index in [1.807, 2.05) is 11.0 Å². The molecule has 5 rings (SSSR count). The third-order valence-corrected chi connectivity index (χ3v) is 8.45. The van der Waals surface area contributed by atoms with E-state index in [0.29, 0.717) is 18.8 Å². The van der Waals surface area contributed by atoms with E-state index in [-0.39, 0.29) is 30.3 Å². The monoisotopic (exact) mass is 532 g/mol. The Morgan fingerprint density at radius 2 is 2.08 bits per heavy atom. The van der Waals surface area contributed by atoms with Gasteiger partial charge in [-0.3, -0.25) is 24.8 Å². The van der Waals surface area contributed by atoms with E-state index in [1.54, 1.807) is 24.3 Å². The number of nitroso groups, excluding NO2 is 1. The highest BCUT2D eigenvalue weighted by Gasteiger charge is 2.47. The molecule has 1 aromatic rings. The van der Waals surface area contributed by atoms with Crippen LogP contribution in [0.3, 0.4) is 0 Å². The number of carbonyl (C=O) groups is 2. The Hall–Kier alpha value is -2.74. The first-order valence-electron chi connectivity index (χ1n) is 13.3. The molecule has 2 amide bonds. The van der Waals surface area contributed by atoms with Crippen molar-refractivity contribution in [1.29, 1.82) is 0 Å². The number of carbonyl (C=O) groups excluding carboxylic acids is 2. The number of halogens is 1. The number of anilines is 2. The van der Waals surface area contributed by atoms with Crippen LogP contribution < -0.4 is 21.3 Å². The van der Waals surface area contributed by atoms with Gasteiger partial charge in [0.15, 0.2) is 6.17 Å². The molecule has 4 fully saturated rings. The van der Waals surface area contributed by atoms with Crippen LogP contribution in [0.1, 0.15) is 19.3 Å². The molecule has 4 atom stereocenters. The van der Waals surface area contributed by atoms with Gasteiger partial charge in [0, 0.05) is 56.8 Å². The van der Waals surface area contributed by atoms with Crippen LogP contribution in [0.15, 0.2) is 23.6 Å². The van der Waals surface area contributed by atoms with Crippen LogP contribution in [0.25, 0.3) is 0 Å². The molecule has 0 radical (unpaired) electrons. The summed E-state index contributed by atoms with van der Waals surface area (Å²) < 4.78 is 19.2. The second-order valence-corrected chi connectivity index (χ2v) is 11.2. The van der Waals surface area contributed by atoms with Crippen LogP contribution in [-0.2, 0) is 14.3 Å². The van der Waals surface area contributed by atoms with Crippen LogP contribution in [-0.4, -0.2) is 105 Å². The maximum atomic E-state index is 13.8. The van der Waals surface area contributed by atoms with E-state index in [1.165, 1.54) is 0 Å². The summed E-state index contributed by atoms with van der Waals surface area (Å²) in [5.74, 6) is -1.32.